The standard InChI is InChI=1S/C16H23FN2O3S/c17-13-7-9-15(10-8-13)23(21,22)18-12-11-16(20)19-14-5-3-1-2-4-6-14/h7-10,14,18H,1-6,11-12H2,(H,19,20). The van der Waals surface area contributed by atoms with E-state index >= 15 is 0 Å². The maximum absolute atomic E-state index is 12.8. The summed E-state index contributed by atoms with van der Waals surface area (Å²) in [7, 11) is -3.71. The normalized spacial score (nSPS) is 16.7. The van der Waals surface area contributed by atoms with E-state index in [9.17, 15) is 17.6 Å². The Morgan fingerprint density at radius 1 is 1.09 bits per heavy atom. The Morgan fingerprint density at radius 2 is 1.70 bits per heavy atom. The number of amides is 1. The summed E-state index contributed by atoms with van der Waals surface area (Å²) in [5.74, 6) is -0.634. The highest BCUT2D eigenvalue weighted by Crippen LogP contribution is 2.17. The van der Waals surface area contributed by atoms with E-state index in [0.717, 1.165) is 37.8 Å². The Bertz CT molecular complexity index is 609. The zero-order chi connectivity index (χ0) is 16.7. The second-order valence-corrected chi connectivity index (χ2v) is 7.62. The molecule has 0 unspecified atom stereocenters. The van der Waals surface area contributed by atoms with Crippen LogP contribution in [-0.4, -0.2) is 26.9 Å². The second-order valence-electron chi connectivity index (χ2n) is 5.86. The van der Waals surface area contributed by atoms with Crippen LogP contribution in [0.1, 0.15) is 44.9 Å². The predicted molar refractivity (Wildman–Crippen MR) is 85.8 cm³/mol. The van der Waals surface area contributed by atoms with Crippen molar-refractivity contribution in [1.82, 2.24) is 10.0 Å². The Hall–Kier alpha value is -1.47. The van der Waals surface area contributed by atoms with Crippen LogP contribution in [-0.2, 0) is 14.8 Å². The number of benzene rings is 1. The smallest absolute Gasteiger partial charge is 0.240 e. The van der Waals surface area contributed by atoms with Gasteiger partial charge in [-0.2, -0.15) is 0 Å². The van der Waals surface area contributed by atoms with Gasteiger partial charge in [0.1, 0.15) is 5.82 Å². The van der Waals surface area contributed by atoms with Crippen LogP contribution in [0.4, 0.5) is 4.39 Å². The maximum atomic E-state index is 12.8. The first-order chi connectivity index (χ1) is 11.0. The van der Waals surface area contributed by atoms with Crippen molar-refractivity contribution in [2.45, 2.75) is 55.9 Å². The fraction of sp³-hybridized carbons (Fsp3) is 0.562. The van der Waals surface area contributed by atoms with Gasteiger partial charge in [0, 0.05) is 19.0 Å². The summed E-state index contributed by atoms with van der Waals surface area (Å²) < 4.78 is 39.2. The van der Waals surface area contributed by atoms with E-state index in [1.807, 2.05) is 0 Å². The molecule has 0 aromatic heterocycles. The fourth-order valence-corrected chi connectivity index (χ4v) is 3.75. The molecule has 0 heterocycles. The van der Waals surface area contributed by atoms with Gasteiger partial charge in [-0.15, -0.1) is 0 Å². The Balaban J connectivity index is 1.77. The molecule has 23 heavy (non-hydrogen) atoms. The highest BCUT2D eigenvalue weighted by molar-refractivity contribution is 7.89. The van der Waals surface area contributed by atoms with E-state index in [1.54, 1.807) is 0 Å². The summed E-state index contributed by atoms with van der Waals surface area (Å²) in [6.45, 7) is 0.0261. The third-order valence-corrected chi connectivity index (χ3v) is 5.47. The van der Waals surface area contributed by atoms with Crippen LogP contribution < -0.4 is 10.0 Å². The third-order valence-electron chi connectivity index (χ3n) is 3.99. The van der Waals surface area contributed by atoms with E-state index in [1.165, 1.54) is 25.0 Å². The lowest BCUT2D eigenvalue weighted by atomic mass is 10.1. The zero-order valence-electron chi connectivity index (χ0n) is 13.1. The minimum Gasteiger partial charge on any atom is -0.353 e. The number of halogens is 1. The Kier molecular flexibility index (Phi) is 6.53. The SMILES string of the molecule is O=C(CCNS(=O)(=O)c1ccc(F)cc1)NC1CCCCCC1. The van der Waals surface area contributed by atoms with Crippen molar-refractivity contribution in [3.63, 3.8) is 0 Å². The fourth-order valence-electron chi connectivity index (χ4n) is 2.72. The molecular formula is C16H23FN2O3S. The van der Waals surface area contributed by atoms with Gasteiger partial charge in [-0.1, -0.05) is 25.7 Å². The quantitative estimate of drug-likeness (QED) is 0.779. The molecule has 0 bridgehead atoms. The van der Waals surface area contributed by atoms with Gasteiger partial charge < -0.3 is 5.32 Å². The van der Waals surface area contributed by atoms with Crippen molar-refractivity contribution in [2.24, 2.45) is 0 Å². The Morgan fingerprint density at radius 3 is 2.30 bits per heavy atom. The number of hydrogen-bond acceptors (Lipinski definition) is 3. The third kappa shape index (κ3) is 5.91. The van der Waals surface area contributed by atoms with Gasteiger partial charge in [-0.05, 0) is 37.1 Å². The molecule has 0 radical (unpaired) electrons. The molecule has 5 nitrogen and oxygen atoms in total. The summed E-state index contributed by atoms with van der Waals surface area (Å²) in [5, 5.41) is 2.97. The minimum absolute atomic E-state index is 0.0110. The summed E-state index contributed by atoms with van der Waals surface area (Å²) in [6.07, 6.45) is 6.76. The summed E-state index contributed by atoms with van der Waals surface area (Å²) in [6, 6.07) is 4.78. The Labute approximate surface area is 136 Å². The van der Waals surface area contributed by atoms with Gasteiger partial charge in [0.15, 0.2) is 0 Å². The molecule has 2 rings (SSSR count). The number of rotatable bonds is 6. The molecular weight excluding hydrogens is 319 g/mol. The molecule has 2 N–H and O–H groups in total. The molecule has 1 aliphatic carbocycles. The van der Waals surface area contributed by atoms with Crippen molar-refractivity contribution in [1.29, 1.82) is 0 Å². The molecule has 1 saturated carbocycles. The number of nitrogens with one attached hydrogen (secondary N) is 2. The summed E-state index contributed by atoms with van der Waals surface area (Å²) >= 11 is 0. The van der Waals surface area contributed by atoms with Crippen LogP contribution in [0.25, 0.3) is 0 Å². The van der Waals surface area contributed by atoms with Crippen molar-refractivity contribution in [3.8, 4) is 0 Å². The molecule has 1 aromatic rings. The van der Waals surface area contributed by atoms with Gasteiger partial charge in [0.2, 0.25) is 15.9 Å². The molecule has 1 aromatic carbocycles. The van der Waals surface area contributed by atoms with E-state index < -0.39 is 15.8 Å². The number of sulfonamides is 1. The molecule has 0 aliphatic heterocycles. The van der Waals surface area contributed by atoms with Gasteiger partial charge in [-0.3, -0.25) is 4.79 Å². The zero-order valence-corrected chi connectivity index (χ0v) is 13.9. The van der Waals surface area contributed by atoms with Gasteiger partial charge in [-0.25, -0.2) is 17.5 Å². The average molecular weight is 342 g/mol. The van der Waals surface area contributed by atoms with Gasteiger partial charge >= 0.3 is 0 Å². The van der Waals surface area contributed by atoms with Crippen LogP contribution >= 0.6 is 0 Å². The topological polar surface area (TPSA) is 75.3 Å². The van der Waals surface area contributed by atoms with E-state index in [-0.39, 0.29) is 29.8 Å². The van der Waals surface area contributed by atoms with Gasteiger partial charge in [0.05, 0.1) is 4.90 Å². The molecule has 128 valence electrons. The van der Waals surface area contributed by atoms with E-state index in [0.29, 0.717) is 0 Å². The first-order valence-corrected chi connectivity index (χ1v) is 9.50. The van der Waals surface area contributed by atoms with Crippen molar-refractivity contribution in [3.05, 3.63) is 30.1 Å². The van der Waals surface area contributed by atoms with E-state index in [2.05, 4.69) is 10.0 Å². The van der Waals surface area contributed by atoms with Crippen molar-refractivity contribution in [2.75, 3.05) is 6.54 Å². The molecule has 0 spiro atoms. The van der Waals surface area contributed by atoms with Gasteiger partial charge in [0.25, 0.3) is 0 Å². The first kappa shape index (κ1) is 17.9. The van der Waals surface area contributed by atoms with Crippen LogP contribution in [0.5, 0.6) is 0 Å². The summed E-state index contributed by atoms with van der Waals surface area (Å²) in [5.41, 5.74) is 0. The molecule has 1 amide bonds. The average Bonchev–Trinajstić information content (AvgIpc) is 2.76. The second kappa shape index (κ2) is 8.40. The maximum Gasteiger partial charge on any atom is 0.240 e. The lowest BCUT2D eigenvalue weighted by Gasteiger charge is -2.16. The molecule has 1 aliphatic rings. The first-order valence-electron chi connectivity index (χ1n) is 8.02. The van der Waals surface area contributed by atoms with Crippen LogP contribution in [0.3, 0.4) is 0 Å². The highest BCUT2D eigenvalue weighted by Gasteiger charge is 2.16. The highest BCUT2D eigenvalue weighted by atomic mass is 32.2. The molecule has 1 fully saturated rings. The number of carbonyl (C=O) groups is 1. The van der Waals surface area contributed by atoms with E-state index in [4.69, 9.17) is 0 Å². The van der Waals surface area contributed by atoms with Crippen LogP contribution in [0.15, 0.2) is 29.2 Å². The molecule has 0 atom stereocenters. The predicted octanol–water partition coefficient (Wildman–Crippen LogP) is 2.33. The minimum atomic E-state index is -3.71. The molecule has 0 saturated heterocycles. The lowest BCUT2D eigenvalue weighted by Crippen LogP contribution is -2.36. The van der Waals surface area contributed by atoms with Crippen molar-refractivity contribution < 1.29 is 17.6 Å². The molecule has 7 heteroatoms. The van der Waals surface area contributed by atoms with Crippen LogP contribution in [0.2, 0.25) is 0 Å². The monoisotopic (exact) mass is 342 g/mol. The number of carbonyl (C=O) groups excluding carboxylic acids is 1. The number of hydrogen-bond donors (Lipinski definition) is 2. The largest absolute Gasteiger partial charge is 0.353 e. The van der Waals surface area contributed by atoms with Crippen LogP contribution in [0, 0.1) is 5.82 Å². The lowest BCUT2D eigenvalue weighted by molar-refractivity contribution is -0.121. The summed E-state index contributed by atoms with van der Waals surface area (Å²) in [4.78, 5) is 11.9. The van der Waals surface area contributed by atoms with Crippen molar-refractivity contribution >= 4 is 15.9 Å².